The predicted octanol–water partition coefficient (Wildman–Crippen LogP) is 5.33. The van der Waals surface area contributed by atoms with Gasteiger partial charge in [0.2, 0.25) is 0 Å². The second-order valence-electron chi connectivity index (χ2n) is 7.96. The highest BCUT2D eigenvalue weighted by Crippen LogP contribution is 2.40. The minimum absolute atomic E-state index is 0.284. The van der Waals surface area contributed by atoms with Crippen molar-refractivity contribution in [1.82, 2.24) is 4.98 Å². The fourth-order valence-electron chi connectivity index (χ4n) is 3.18. The number of hydrogen-bond donors (Lipinski definition) is 1. The Morgan fingerprint density at radius 1 is 1.03 bits per heavy atom. The zero-order chi connectivity index (χ0) is 21.3. The first-order valence-electron chi connectivity index (χ1n) is 9.65. The van der Waals surface area contributed by atoms with E-state index in [1.165, 1.54) is 11.8 Å². The highest BCUT2D eigenvalue weighted by Gasteiger charge is 2.27. The number of rotatable bonds is 5. The Kier molecular flexibility index (Phi) is 5.23. The molecule has 0 radical (unpaired) electrons. The van der Waals surface area contributed by atoms with Crippen LogP contribution in [0.25, 0.3) is 11.1 Å². The van der Waals surface area contributed by atoms with Crippen LogP contribution in [-0.4, -0.2) is 22.8 Å². The van der Waals surface area contributed by atoms with E-state index < -0.39 is 0 Å². The Morgan fingerprint density at radius 3 is 2.27 bits per heavy atom. The van der Waals surface area contributed by atoms with E-state index in [9.17, 15) is 5.26 Å². The molecular formula is C24H22N4OS. The van der Waals surface area contributed by atoms with E-state index in [0.29, 0.717) is 23.0 Å². The molecule has 2 aromatic carbocycles. The summed E-state index contributed by atoms with van der Waals surface area (Å²) < 4.78 is 5.94. The highest BCUT2D eigenvalue weighted by molar-refractivity contribution is 7.99. The van der Waals surface area contributed by atoms with Crippen molar-refractivity contribution in [3.63, 3.8) is 0 Å². The number of nitrogens with two attached hydrogens (primary N) is 1. The molecule has 1 aromatic heterocycles. The molecule has 1 aliphatic heterocycles. The Hall–Kier alpha value is -3.30. The molecule has 0 saturated carbocycles. The van der Waals surface area contributed by atoms with Crippen molar-refractivity contribution in [2.45, 2.75) is 36.3 Å². The number of nitrogens with zero attached hydrogens (tertiary/aromatic N) is 3. The van der Waals surface area contributed by atoms with E-state index in [0.717, 1.165) is 33.0 Å². The van der Waals surface area contributed by atoms with E-state index in [2.05, 4.69) is 16.0 Å². The second kappa shape index (κ2) is 7.85. The van der Waals surface area contributed by atoms with Gasteiger partial charge in [-0.15, -0.1) is 0 Å². The fourth-order valence-corrected chi connectivity index (χ4v) is 4.09. The van der Waals surface area contributed by atoms with Crippen molar-refractivity contribution < 1.29 is 4.74 Å². The molecule has 3 aromatic rings. The number of benzene rings is 2. The van der Waals surface area contributed by atoms with E-state index in [1.54, 1.807) is 0 Å². The van der Waals surface area contributed by atoms with Gasteiger partial charge in [-0.05, 0) is 50.6 Å². The summed E-state index contributed by atoms with van der Waals surface area (Å²) in [5, 5.41) is 10.6. The van der Waals surface area contributed by atoms with Crippen molar-refractivity contribution in [2.24, 2.45) is 4.99 Å². The molecule has 30 heavy (non-hydrogen) atoms. The minimum atomic E-state index is -0.284. The Bertz CT molecular complexity index is 1160. The molecule has 4 rings (SSSR count). The SMILES string of the molecule is CC(C)(C)Oc1ccc(-c2c(C#N)c(Sc3ccccc3)nc(N)c2C2=NC2)cc1. The number of aliphatic imine (C=N–C) groups is 1. The predicted molar refractivity (Wildman–Crippen MR) is 121 cm³/mol. The zero-order valence-corrected chi connectivity index (χ0v) is 18.0. The van der Waals surface area contributed by atoms with Gasteiger partial charge in [0.05, 0.1) is 17.8 Å². The van der Waals surface area contributed by atoms with Crippen LogP contribution in [0.4, 0.5) is 5.82 Å². The van der Waals surface area contributed by atoms with Gasteiger partial charge >= 0.3 is 0 Å². The third-order valence-electron chi connectivity index (χ3n) is 4.43. The lowest BCUT2D eigenvalue weighted by atomic mass is 9.95. The van der Waals surface area contributed by atoms with Gasteiger partial charge in [-0.3, -0.25) is 4.99 Å². The standard InChI is InChI=1S/C24H22N4OS/c1-24(2,3)29-16-11-9-15(10-12-16)20-18(13-25)23(30-17-7-5-4-6-8-17)28-22(26)21(20)19-14-27-19/h4-12H,14H2,1-3H3,(H2,26,28). The molecule has 6 heteroatoms. The van der Waals surface area contributed by atoms with E-state index >= 15 is 0 Å². The van der Waals surface area contributed by atoms with Gasteiger partial charge in [0, 0.05) is 16.0 Å². The number of anilines is 1. The van der Waals surface area contributed by atoms with Crippen molar-refractivity contribution in [3.8, 4) is 22.9 Å². The van der Waals surface area contributed by atoms with Crippen LogP contribution in [-0.2, 0) is 0 Å². The first-order chi connectivity index (χ1) is 14.4. The van der Waals surface area contributed by atoms with Gasteiger partial charge in [-0.25, -0.2) is 4.98 Å². The minimum Gasteiger partial charge on any atom is -0.488 e. The first kappa shape index (κ1) is 20.0. The van der Waals surface area contributed by atoms with Gasteiger partial charge in [-0.2, -0.15) is 5.26 Å². The van der Waals surface area contributed by atoms with Crippen molar-refractivity contribution in [1.29, 1.82) is 5.26 Å². The van der Waals surface area contributed by atoms with Crippen LogP contribution in [0.2, 0.25) is 0 Å². The zero-order valence-electron chi connectivity index (χ0n) is 17.1. The van der Waals surface area contributed by atoms with E-state index in [4.69, 9.17) is 10.5 Å². The van der Waals surface area contributed by atoms with Gasteiger partial charge in [0.15, 0.2) is 0 Å². The summed E-state index contributed by atoms with van der Waals surface area (Å²) in [4.78, 5) is 9.89. The summed E-state index contributed by atoms with van der Waals surface area (Å²) in [6.07, 6.45) is 0. The smallest absolute Gasteiger partial charge is 0.134 e. The monoisotopic (exact) mass is 414 g/mol. The Morgan fingerprint density at radius 2 is 1.70 bits per heavy atom. The van der Waals surface area contributed by atoms with Crippen LogP contribution in [0.3, 0.4) is 0 Å². The average Bonchev–Trinajstić information content (AvgIpc) is 3.53. The molecule has 0 saturated heterocycles. The van der Waals surface area contributed by atoms with Crippen molar-refractivity contribution in [2.75, 3.05) is 12.3 Å². The summed E-state index contributed by atoms with van der Waals surface area (Å²) >= 11 is 1.44. The highest BCUT2D eigenvalue weighted by atomic mass is 32.2. The molecule has 2 heterocycles. The third-order valence-corrected chi connectivity index (χ3v) is 5.43. The average molecular weight is 415 g/mol. The molecule has 0 atom stereocenters. The first-order valence-corrected chi connectivity index (χ1v) is 10.5. The Labute approximate surface area is 180 Å². The molecule has 0 fully saturated rings. The normalized spacial score (nSPS) is 12.8. The molecule has 0 spiro atoms. The number of nitriles is 1. The topological polar surface area (TPSA) is 84.3 Å². The summed E-state index contributed by atoms with van der Waals surface area (Å²) in [5.41, 5.74) is 9.89. The van der Waals surface area contributed by atoms with E-state index in [1.807, 2.05) is 75.4 Å². The Balaban J connectivity index is 1.83. The number of aromatic nitrogens is 1. The molecule has 5 nitrogen and oxygen atoms in total. The largest absolute Gasteiger partial charge is 0.488 e. The van der Waals surface area contributed by atoms with Crippen molar-refractivity contribution >= 4 is 23.3 Å². The second-order valence-corrected chi connectivity index (χ2v) is 9.02. The van der Waals surface area contributed by atoms with Gasteiger partial charge in [-0.1, -0.05) is 42.1 Å². The van der Waals surface area contributed by atoms with Gasteiger partial charge in [0.1, 0.15) is 28.3 Å². The molecule has 0 aliphatic carbocycles. The molecular weight excluding hydrogens is 392 g/mol. The number of nitrogen functional groups attached to an aromatic ring is 1. The molecule has 1 aliphatic rings. The maximum absolute atomic E-state index is 10.1. The van der Waals surface area contributed by atoms with Crippen LogP contribution in [0.15, 0.2) is 69.5 Å². The lowest BCUT2D eigenvalue weighted by Crippen LogP contribution is -2.22. The number of hydrogen-bond acceptors (Lipinski definition) is 6. The fraction of sp³-hybridized carbons (Fsp3) is 0.208. The summed E-state index contributed by atoms with van der Waals surface area (Å²) in [6, 6.07) is 20.0. The number of ether oxygens (including phenoxy) is 1. The third kappa shape index (κ3) is 4.32. The van der Waals surface area contributed by atoms with E-state index in [-0.39, 0.29) is 5.60 Å². The van der Waals surface area contributed by atoms with Crippen LogP contribution in [0.1, 0.15) is 31.9 Å². The summed E-state index contributed by atoms with van der Waals surface area (Å²) in [5.74, 6) is 1.17. The maximum Gasteiger partial charge on any atom is 0.134 e. The maximum atomic E-state index is 10.1. The lowest BCUT2D eigenvalue weighted by molar-refractivity contribution is 0.131. The summed E-state index contributed by atoms with van der Waals surface area (Å²) in [6.45, 7) is 6.65. The lowest BCUT2D eigenvalue weighted by Gasteiger charge is -2.21. The molecule has 2 N–H and O–H groups in total. The molecule has 0 bridgehead atoms. The molecule has 0 amide bonds. The van der Waals surface area contributed by atoms with Crippen LogP contribution in [0, 0.1) is 11.3 Å². The van der Waals surface area contributed by atoms with Gasteiger partial charge in [0.25, 0.3) is 0 Å². The van der Waals surface area contributed by atoms with Crippen LogP contribution in [0.5, 0.6) is 5.75 Å². The van der Waals surface area contributed by atoms with Crippen molar-refractivity contribution in [3.05, 3.63) is 65.7 Å². The molecule has 0 unspecified atom stereocenters. The van der Waals surface area contributed by atoms with Crippen LogP contribution >= 0.6 is 11.8 Å². The molecule has 150 valence electrons. The summed E-state index contributed by atoms with van der Waals surface area (Å²) in [7, 11) is 0. The quantitative estimate of drug-likeness (QED) is 0.610. The van der Waals surface area contributed by atoms with Crippen LogP contribution < -0.4 is 10.5 Å². The van der Waals surface area contributed by atoms with Gasteiger partial charge < -0.3 is 10.5 Å². The number of pyridine rings is 1.